The Hall–Kier alpha value is -1.64. The molecule has 2 heterocycles. The molecule has 3 rings (SSSR count). The molecule has 0 radical (unpaired) electrons. The number of halogens is 3. The average molecular weight is 414 g/mol. The number of benzene rings is 1. The largest absolute Gasteiger partial charge is 0.416 e. The van der Waals surface area contributed by atoms with Crippen molar-refractivity contribution in [2.75, 3.05) is 46.6 Å². The maximum atomic E-state index is 13.3. The number of nitrogens with one attached hydrogen (secondary N) is 1. The van der Waals surface area contributed by atoms with Gasteiger partial charge in [-0.1, -0.05) is 18.2 Å². The first-order valence-corrected chi connectivity index (χ1v) is 10.1. The molecule has 0 saturated carbocycles. The van der Waals surface area contributed by atoms with Crippen molar-refractivity contribution < 1.29 is 27.4 Å². The Morgan fingerprint density at radius 1 is 1.28 bits per heavy atom. The number of carbonyl (C=O) groups is 1. The molecule has 2 saturated heterocycles. The van der Waals surface area contributed by atoms with Crippen LogP contribution in [-0.2, 0) is 25.9 Å². The first kappa shape index (κ1) is 22.1. The summed E-state index contributed by atoms with van der Waals surface area (Å²) in [7, 11) is 1.67. The van der Waals surface area contributed by atoms with Crippen LogP contribution in [0.3, 0.4) is 0 Å². The number of rotatable bonds is 6. The zero-order valence-electron chi connectivity index (χ0n) is 16.8. The van der Waals surface area contributed by atoms with Crippen LogP contribution < -0.4 is 5.32 Å². The van der Waals surface area contributed by atoms with Gasteiger partial charge in [0.25, 0.3) is 0 Å². The van der Waals surface area contributed by atoms with Crippen LogP contribution in [0.4, 0.5) is 13.2 Å². The van der Waals surface area contributed by atoms with Gasteiger partial charge in [-0.2, -0.15) is 13.2 Å². The first-order chi connectivity index (χ1) is 13.8. The molecule has 0 atom stereocenters. The number of hydrogen-bond donors (Lipinski definition) is 1. The van der Waals surface area contributed by atoms with Crippen LogP contribution in [0.2, 0.25) is 0 Å². The van der Waals surface area contributed by atoms with Gasteiger partial charge < -0.3 is 19.7 Å². The maximum absolute atomic E-state index is 13.3. The van der Waals surface area contributed by atoms with Crippen molar-refractivity contribution in [3.8, 4) is 0 Å². The van der Waals surface area contributed by atoms with Gasteiger partial charge in [0.2, 0.25) is 5.91 Å². The molecule has 29 heavy (non-hydrogen) atoms. The second-order valence-electron chi connectivity index (χ2n) is 7.86. The number of alkyl halides is 3. The average Bonchev–Trinajstić information content (AvgIpc) is 2.73. The maximum Gasteiger partial charge on any atom is 0.416 e. The van der Waals surface area contributed by atoms with Crippen LogP contribution in [0.5, 0.6) is 0 Å². The van der Waals surface area contributed by atoms with E-state index in [9.17, 15) is 18.0 Å². The Morgan fingerprint density at radius 2 is 1.97 bits per heavy atom. The molecule has 0 aromatic heterocycles. The van der Waals surface area contributed by atoms with Crippen molar-refractivity contribution in [2.24, 2.45) is 0 Å². The highest BCUT2D eigenvalue weighted by Gasteiger charge is 2.43. The summed E-state index contributed by atoms with van der Waals surface area (Å²) in [4.78, 5) is 15.6. The highest BCUT2D eigenvalue weighted by atomic mass is 19.4. The van der Waals surface area contributed by atoms with E-state index in [2.05, 4.69) is 10.2 Å². The molecule has 162 valence electrons. The van der Waals surface area contributed by atoms with E-state index in [1.165, 1.54) is 6.07 Å². The highest BCUT2D eigenvalue weighted by molar-refractivity contribution is 5.88. The van der Waals surface area contributed by atoms with E-state index in [0.29, 0.717) is 38.2 Å². The molecule has 1 amide bonds. The minimum atomic E-state index is -4.44. The predicted molar refractivity (Wildman–Crippen MR) is 103 cm³/mol. The smallest absolute Gasteiger partial charge is 0.383 e. The summed E-state index contributed by atoms with van der Waals surface area (Å²) in [5.41, 5.74) is -1.28. The Morgan fingerprint density at radius 3 is 2.59 bits per heavy atom. The monoisotopic (exact) mass is 414 g/mol. The van der Waals surface area contributed by atoms with E-state index in [-0.39, 0.29) is 11.9 Å². The van der Waals surface area contributed by atoms with E-state index < -0.39 is 17.2 Å². The number of carbonyl (C=O) groups excluding carboxylic acids is 1. The summed E-state index contributed by atoms with van der Waals surface area (Å²) >= 11 is 0. The van der Waals surface area contributed by atoms with Crippen LogP contribution in [0, 0.1) is 0 Å². The van der Waals surface area contributed by atoms with Gasteiger partial charge in [-0.05, 0) is 37.3 Å². The van der Waals surface area contributed by atoms with Crippen LogP contribution >= 0.6 is 0 Å². The van der Waals surface area contributed by atoms with Crippen molar-refractivity contribution >= 4 is 5.91 Å². The van der Waals surface area contributed by atoms with Gasteiger partial charge in [0.15, 0.2) is 0 Å². The van der Waals surface area contributed by atoms with Gasteiger partial charge in [-0.3, -0.25) is 4.79 Å². The fourth-order valence-electron chi connectivity index (χ4n) is 4.20. The normalized spacial score (nSPS) is 21.1. The third kappa shape index (κ3) is 5.29. The lowest BCUT2D eigenvalue weighted by Crippen LogP contribution is -2.53. The topological polar surface area (TPSA) is 50.8 Å². The lowest BCUT2D eigenvalue weighted by Gasteiger charge is -2.39. The van der Waals surface area contributed by atoms with Gasteiger partial charge in [-0.15, -0.1) is 0 Å². The predicted octanol–water partition coefficient (Wildman–Crippen LogP) is 2.98. The molecule has 1 aromatic rings. The van der Waals surface area contributed by atoms with Crippen LogP contribution in [0.25, 0.3) is 0 Å². The molecular weight excluding hydrogens is 385 g/mol. The SMILES string of the molecule is COCCN1CCC(NC(=O)C2(c3cccc(C(F)(F)F)c3)CCOCC2)CC1. The van der Waals surface area contributed by atoms with Crippen LogP contribution in [-0.4, -0.2) is 63.4 Å². The van der Waals surface area contributed by atoms with Crippen molar-refractivity contribution in [2.45, 2.75) is 43.3 Å². The van der Waals surface area contributed by atoms with Gasteiger partial charge in [0, 0.05) is 46.0 Å². The fourth-order valence-corrected chi connectivity index (χ4v) is 4.20. The summed E-state index contributed by atoms with van der Waals surface area (Å²) in [5, 5.41) is 3.13. The van der Waals surface area contributed by atoms with E-state index in [1.807, 2.05) is 0 Å². The molecule has 0 bridgehead atoms. The minimum absolute atomic E-state index is 0.0341. The third-order valence-electron chi connectivity index (χ3n) is 6.06. The van der Waals surface area contributed by atoms with E-state index in [4.69, 9.17) is 9.47 Å². The summed E-state index contributed by atoms with van der Waals surface area (Å²) in [5.74, 6) is -0.185. The van der Waals surface area contributed by atoms with Crippen molar-refractivity contribution in [1.29, 1.82) is 0 Å². The number of amides is 1. The number of methoxy groups -OCH3 is 1. The highest BCUT2D eigenvalue weighted by Crippen LogP contribution is 2.38. The number of hydrogen-bond acceptors (Lipinski definition) is 4. The van der Waals surface area contributed by atoms with Crippen molar-refractivity contribution in [3.63, 3.8) is 0 Å². The van der Waals surface area contributed by atoms with Crippen molar-refractivity contribution in [3.05, 3.63) is 35.4 Å². The molecule has 2 aliphatic heterocycles. The molecule has 5 nitrogen and oxygen atoms in total. The molecule has 0 aliphatic carbocycles. The van der Waals surface area contributed by atoms with Crippen LogP contribution in [0.15, 0.2) is 24.3 Å². The standard InChI is InChI=1S/C21H29F3N2O3/c1-28-14-11-26-9-5-18(6-10-26)25-19(27)20(7-12-29-13-8-20)16-3-2-4-17(15-16)21(22,23)24/h2-4,15,18H,5-14H2,1H3,(H,25,27). The second kappa shape index (κ2) is 9.45. The van der Waals surface area contributed by atoms with E-state index in [0.717, 1.165) is 44.6 Å². The van der Waals surface area contributed by atoms with Gasteiger partial charge in [0.05, 0.1) is 17.6 Å². The number of nitrogens with zero attached hydrogens (tertiary/aromatic N) is 1. The first-order valence-electron chi connectivity index (χ1n) is 10.1. The molecule has 1 N–H and O–H groups in total. The van der Waals surface area contributed by atoms with Crippen LogP contribution in [0.1, 0.15) is 36.8 Å². The Balaban J connectivity index is 1.73. The quantitative estimate of drug-likeness (QED) is 0.778. The molecule has 0 unspecified atom stereocenters. The molecule has 2 aliphatic rings. The lowest BCUT2D eigenvalue weighted by atomic mass is 9.72. The number of likely N-dealkylation sites (tertiary alicyclic amines) is 1. The van der Waals surface area contributed by atoms with E-state index in [1.54, 1.807) is 13.2 Å². The fraction of sp³-hybridized carbons (Fsp3) is 0.667. The summed E-state index contributed by atoms with van der Waals surface area (Å²) in [6.07, 6.45) is -2.03. The molecule has 8 heteroatoms. The Bertz CT molecular complexity index is 682. The molecular formula is C21H29F3N2O3. The zero-order valence-corrected chi connectivity index (χ0v) is 16.8. The zero-order chi connectivity index (χ0) is 20.9. The molecule has 1 aromatic carbocycles. The van der Waals surface area contributed by atoms with Gasteiger partial charge in [0.1, 0.15) is 0 Å². The molecule has 0 spiro atoms. The summed E-state index contributed by atoms with van der Waals surface area (Å²) in [6.45, 7) is 4.00. The third-order valence-corrected chi connectivity index (χ3v) is 6.06. The summed E-state index contributed by atoms with van der Waals surface area (Å²) in [6, 6.07) is 5.22. The van der Waals surface area contributed by atoms with Gasteiger partial charge in [-0.25, -0.2) is 0 Å². The molecule has 2 fully saturated rings. The van der Waals surface area contributed by atoms with E-state index >= 15 is 0 Å². The lowest BCUT2D eigenvalue weighted by molar-refractivity contribution is -0.138. The Kier molecular flexibility index (Phi) is 7.19. The summed E-state index contributed by atoms with van der Waals surface area (Å²) < 4.78 is 50.2. The van der Waals surface area contributed by atoms with Crippen molar-refractivity contribution in [1.82, 2.24) is 10.2 Å². The number of ether oxygens (including phenoxy) is 2. The minimum Gasteiger partial charge on any atom is -0.383 e. The Labute approximate surface area is 169 Å². The second-order valence-corrected chi connectivity index (χ2v) is 7.86. The van der Waals surface area contributed by atoms with Gasteiger partial charge >= 0.3 is 6.18 Å². The number of piperidine rings is 1.